The van der Waals surface area contributed by atoms with Gasteiger partial charge in [0.05, 0.1) is 17.3 Å². The second kappa shape index (κ2) is 11.8. The van der Waals surface area contributed by atoms with Crippen LogP contribution in [0.4, 0.5) is 0 Å². The smallest absolute Gasteiger partial charge is 0.0605 e. The van der Waals surface area contributed by atoms with Crippen LogP contribution in [0.15, 0.2) is 0 Å². The number of aliphatic hydroxyl groups excluding tert-OH is 1. The highest BCUT2D eigenvalue weighted by molar-refractivity contribution is 5.10. The zero-order chi connectivity index (χ0) is 27.8. The molecule has 4 aliphatic carbocycles. The Morgan fingerprint density at radius 2 is 1.43 bits per heavy atom. The van der Waals surface area contributed by atoms with E-state index in [0.717, 1.165) is 47.8 Å². The molecule has 2 heteroatoms. The molecule has 37 heavy (non-hydrogen) atoms. The standard InChI is InChI=1S/C27H48O.C8H18O/c1-18(2)8-6-9-19(3)22-14-15-23-21-13-12-20-10-7-11-25(28)27(20,5)24(21)16-17-26(22,23)4;1-7(2,3)9-8(4,5)6/h18-25,28H,6-17H2,1-5H3;1-6H3/t19-,20+,21+,22-,23+,24+,25?,26-,27+;/m1./s1. The van der Waals surface area contributed by atoms with Gasteiger partial charge in [-0.05, 0) is 145 Å². The van der Waals surface area contributed by atoms with Crippen molar-refractivity contribution in [2.45, 2.75) is 171 Å². The summed E-state index contributed by atoms with van der Waals surface area (Å²) >= 11 is 0. The van der Waals surface area contributed by atoms with E-state index in [1.54, 1.807) is 0 Å². The molecule has 0 bridgehead atoms. The summed E-state index contributed by atoms with van der Waals surface area (Å²) in [5, 5.41) is 11.1. The van der Waals surface area contributed by atoms with Crippen molar-refractivity contribution in [1.82, 2.24) is 0 Å². The highest BCUT2D eigenvalue weighted by atomic mass is 16.5. The van der Waals surface area contributed by atoms with Crippen LogP contribution in [-0.4, -0.2) is 22.4 Å². The average Bonchev–Trinajstić information content (AvgIpc) is 3.09. The van der Waals surface area contributed by atoms with Crippen molar-refractivity contribution in [1.29, 1.82) is 0 Å². The molecule has 0 aromatic carbocycles. The van der Waals surface area contributed by atoms with Crippen LogP contribution < -0.4 is 0 Å². The van der Waals surface area contributed by atoms with Crippen molar-refractivity contribution in [2.24, 2.45) is 52.3 Å². The van der Waals surface area contributed by atoms with Crippen molar-refractivity contribution >= 4 is 0 Å². The molecule has 0 spiro atoms. The average molecular weight is 519 g/mol. The summed E-state index contributed by atoms with van der Waals surface area (Å²) in [5.41, 5.74) is 0.779. The van der Waals surface area contributed by atoms with E-state index in [1.165, 1.54) is 70.6 Å². The molecular weight excluding hydrogens is 452 g/mol. The largest absolute Gasteiger partial charge is 0.393 e. The van der Waals surface area contributed by atoms with Crippen LogP contribution in [0.5, 0.6) is 0 Å². The minimum absolute atomic E-state index is 0.0156. The van der Waals surface area contributed by atoms with Gasteiger partial charge in [0, 0.05) is 0 Å². The third-order valence-corrected chi connectivity index (χ3v) is 11.5. The first kappa shape index (κ1) is 31.4. The second-order valence-corrected chi connectivity index (χ2v) is 16.8. The zero-order valence-corrected chi connectivity index (χ0v) is 27.0. The van der Waals surface area contributed by atoms with Gasteiger partial charge >= 0.3 is 0 Å². The molecule has 4 rings (SSSR count). The summed E-state index contributed by atoms with van der Waals surface area (Å²) in [6, 6.07) is 0. The minimum atomic E-state index is -0.0319. The molecule has 0 aromatic heterocycles. The van der Waals surface area contributed by atoms with Crippen LogP contribution in [0.1, 0.15) is 153 Å². The molecule has 1 unspecified atom stereocenters. The number of ether oxygens (including phenoxy) is 1. The number of fused-ring (bicyclic) bond motifs is 5. The first-order valence-corrected chi connectivity index (χ1v) is 16.4. The SMILES string of the molecule is CC(C)(C)OC(C)(C)C.CC(C)CCC[C@@H](C)[C@H]1CC[C@H]2[C@@H]3CC[C@@H]4CCCC(O)[C@]4(C)[C@H]3CC[C@]12C. The lowest BCUT2D eigenvalue weighted by Crippen LogP contribution is -2.57. The quantitative estimate of drug-likeness (QED) is 0.392. The lowest BCUT2D eigenvalue weighted by molar-refractivity contribution is -0.164. The summed E-state index contributed by atoms with van der Waals surface area (Å²) in [5.74, 6) is 6.15. The van der Waals surface area contributed by atoms with E-state index in [2.05, 4.69) is 76.2 Å². The molecular formula is C35H66O2. The third kappa shape index (κ3) is 7.17. The molecule has 4 fully saturated rings. The second-order valence-electron chi connectivity index (χ2n) is 16.8. The van der Waals surface area contributed by atoms with E-state index in [0.29, 0.717) is 5.41 Å². The molecule has 0 amide bonds. The van der Waals surface area contributed by atoms with E-state index in [1.807, 2.05) is 0 Å². The molecule has 9 atom stereocenters. The summed E-state index contributed by atoms with van der Waals surface area (Å²) in [6.45, 7) is 24.9. The maximum Gasteiger partial charge on any atom is 0.0605 e. The van der Waals surface area contributed by atoms with Gasteiger partial charge in [0.2, 0.25) is 0 Å². The van der Waals surface area contributed by atoms with Gasteiger partial charge in [-0.1, -0.05) is 60.3 Å². The van der Waals surface area contributed by atoms with Gasteiger partial charge < -0.3 is 9.84 Å². The normalized spacial score (nSPS) is 40.8. The van der Waals surface area contributed by atoms with E-state index in [9.17, 15) is 5.11 Å². The third-order valence-electron chi connectivity index (χ3n) is 11.5. The van der Waals surface area contributed by atoms with Crippen molar-refractivity contribution < 1.29 is 9.84 Å². The van der Waals surface area contributed by atoms with E-state index in [-0.39, 0.29) is 22.7 Å². The Kier molecular flexibility index (Phi) is 10.0. The topological polar surface area (TPSA) is 29.5 Å². The van der Waals surface area contributed by atoms with Gasteiger partial charge in [-0.3, -0.25) is 0 Å². The van der Waals surface area contributed by atoms with Gasteiger partial charge in [0.15, 0.2) is 0 Å². The highest BCUT2D eigenvalue weighted by Gasteiger charge is 2.61. The lowest BCUT2D eigenvalue weighted by atomic mass is 9.44. The monoisotopic (exact) mass is 519 g/mol. The fraction of sp³-hybridized carbons (Fsp3) is 1.00. The molecule has 0 aromatic rings. The molecule has 0 heterocycles. The van der Waals surface area contributed by atoms with Crippen LogP contribution in [0.25, 0.3) is 0 Å². The van der Waals surface area contributed by atoms with Gasteiger partial charge in [0.1, 0.15) is 0 Å². The van der Waals surface area contributed by atoms with Crippen molar-refractivity contribution in [3.05, 3.63) is 0 Å². The summed E-state index contributed by atoms with van der Waals surface area (Å²) in [4.78, 5) is 0. The molecule has 218 valence electrons. The Balaban J connectivity index is 0.000000364. The first-order valence-electron chi connectivity index (χ1n) is 16.4. The Morgan fingerprint density at radius 1 is 0.784 bits per heavy atom. The maximum absolute atomic E-state index is 11.1. The van der Waals surface area contributed by atoms with Crippen LogP contribution in [0.2, 0.25) is 0 Å². The first-order chi connectivity index (χ1) is 17.0. The summed E-state index contributed by atoms with van der Waals surface area (Å²) < 4.78 is 5.62. The Hall–Kier alpha value is -0.0800. The van der Waals surface area contributed by atoms with Gasteiger partial charge in [0.25, 0.3) is 0 Å². The Morgan fingerprint density at radius 3 is 2.00 bits per heavy atom. The molecule has 0 radical (unpaired) electrons. The highest BCUT2D eigenvalue weighted by Crippen LogP contribution is 2.68. The molecule has 2 nitrogen and oxygen atoms in total. The summed E-state index contributed by atoms with van der Waals surface area (Å²) in [6.07, 6.45) is 16.6. The fourth-order valence-electron chi connectivity index (χ4n) is 10.3. The molecule has 0 saturated heterocycles. The van der Waals surface area contributed by atoms with Crippen molar-refractivity contribution in [3.8, 4) is 0 Å². The van der Waals surface area contributed by atoms with Gasteiger partial charge in [-0.15, -0.1) is 0 Å². The maximum atomic E-state index is 11.1. The molecule has 0 aliphatic heterocycles. The fourth-order valence-corrected chi connectivity index (χ4v) is 10.3. The summed E-state index contributed by atoms with van der Waals surface area (Å²) in [7, 11) is 0. The van der Waals surface area contributed by atoms with Crippen molar-refractivity contribution in [3.63, 3.8) is 0 Å². The van der Waals surface area contributed by atoms with Crippen molar-refractivity contribution in [2.75, 3.05) is 0 Å². The van der Waals surface area contributed by atoms with Gasteiger partial charge in [-0.25, -0.2) is 0 Å². The molecule has 1 N–H and O–H groups in total. The van der Waals surface area contributed by atoms with Crippen LogP contribution in [0, 0.1) is 52.3 Å². The molecule has 4 aliphatic rings. The number of hydrogen-bond acceptors (Lipinski definition) is 2. The van der Waals surface area contributed by atoms with Crippen LogP contribution in [-0.2, 0) is 4.74 Å². The lowest BCUT2D eigenvalue weighted by Gasteiger charge is -2.62. The predicted molar refractivity (Wildman–Crippen MR) is 160 cm³/mol. The van der Waals surface area contributed by atoms with Crippen LogP contribution >= 0.6 is 0 Å². The Bertz CT molecular complexity index is 702. The minimum Gasteiger partial charge on any atom is -0.393 e. The number of aliphatic hydroxyl groups is 1. The van der Waals surface area contributed by atoms with Gasteiger partial charge in [-0.2, -0.15) is 0 Å². The molecule has 4 saturated carbocycles. The van der Waals surface area contributed by atoms with E-state index in [4.69, 9.17) is 4.74 Å². The van der Waals surface area contributed by atoms with Crippen LogP contribution in [0.3, 0.4) is 0 Å². The van der Waals surface area contributed by atoms with E-state index < -0.39 is 0 Å². The Labute approximate surface area is 232 Å². The number of rotatable bonds is 5. The zero-order valence-electron chi connectivity index (χ0n) is 27.0. The number of hydrogen-bond donors (Lipinski definition) is 1. The van der Waals surface area contributed by atoms with E-state index >= 15 is 0 Å². The predicted octanol–water partition coefficient (Wildman–Crippen LogP) is 10.1.